The van der Waals surface area contributed by atoms with E-state index in [1.54, 1.807) is 18.2 Å². The van der Waals surface area contributed by atoms with E-state index in [0.29, 0.717) is 5.69 Å². The van der Waals surface area contributed by atoms with Crippen LogP contribution in [-0.2, 0) is 0 Å². The molecule has 3 aromatic carbocycles. The molecule has 36 heavy (non-hydrogen) atoms. The number of fused-ring (bicyclic) bond motifs is 1. The van der Waals surface area contributed by atoms with Gasteiger partial charge in [0.15, 0.2) is 17.7 Å². The minimum atomic E-state index is -1.21. The highest BCUT2D eigenvalue weighted by Crippen LogP contribution is 2.41. The summed E-state index contributed by atoms with van der Waals surface area (Å²) in [5.41, 5.74) is 2.55. The summed E-state index contributed by atoms with van der Waals surface area (Å²) >= 11 is 0. The summed E-state index contributed by atoms with van der Waals surface area (Å²) in [5.74, 6) is -1.11. The third-order valence-corrected chi connectivity index (χ3v) is 5.51. The van der Waals surface area contributed by atoms with Crippen molar-refractivity contribution in [3.8, 4) is 11.5 Å². The Kier molecular flexibility index (Phi) is 6.37. The molecule has 3 aromatic rings. The molecule has 0 unspecified atom stereocenters. The first-order valence-electron chi connectivity index (χ1n) is 10.4. The number of nitrogens with one attached hydrogen (secondary N) is 2. The molecule has 0 bridgehead atoms. The number of hydrogen-bond acceptors (Lipinski definition) is 9. The van der Waals surface area contributed by atoms with Gasteiger partial charge in [0.1, 0.15) is 0 Å². The zero-order valence-electron chi connectivity index (χ0n) is 19.0. The standard InChI is InChI=1S/C23H19N5O8/c1-35-19-11-16(18(28(33)34)12-20(19)36-2)21-24-17-6-4-3-5-15(17)23(30)26(21)25-22(29)13-7-9-14(10-8-13)27(31)32/h3-12,21,24H,1-2H3,(H,25,29)/t21-/m0/s1. The van der Waals surface area contributed by atoms with Gasteiger partial charge in [-0.3, -0.25) is 35.2 Å². The zero-order chi connectivity index (χ0) is 26.0. The van der Waals surface area contributed by atoms with Gasteiger partial charge in [0.05, 0.1) is 41.3 Å². The van der Waals surface area contributed by atoms with Gasteiger partial charge in [0.25, 0.3) is 23.2 Å². The van der Waals surface area contributed by atoms with Crippen molar-refractivity contribution in [2.75, 3.05) is 19.5 Å². The third-order valence-electron chi connectivity index (χ3n) is 5.51. The maximum atomic E-state index is 13.4. The largest absolute Gasteiger partial charge is 0.493 e. The number of nitro benzene ring substituents is 2. The molecule has 0 radical (unpaired) electrons. The lowest BCUT2D eigenvalue weighted by molar-refractivity contribution is -0.386. The van der Waals surface area contributed by atoms with Crippen molar-refractivity contribution >= 4 is 28.9 Å². The molecule has 4 rings (SSSR count). The molecule has 0 saturated heterocycles. The van der Waals surface area contributed by atoms with E-state index < -0.39 is 27.8 Å². The Balaban J connectivity index is 1.80. The fraction of sp³-hybridized carbons (Fsp3) is 0.130. The Morgan fingerprint density at radius 1 is 0.972 bits per heavy atom. The first-order chi connectivity index (χ1) is 17.2. The number of hydrogen-bond donors (Lipinski definition) is 2. The van der Waals surface area contributed by atoms with Gasteiger partial charge in [-0.1, -0.05) is 12.1 Å². The SMILES string of the molecule is COc1cc([C@H]2Nc3ccccc3C(=O)N2NC(=O)c2ccc([N+](=O)[O-])cc2)c([N+](=O)[O-])cc1OC. The number of carbonyl (C=O) groups excluding carboxylic acids is 2. The number of non-ortho nitro benzene ring substituents is 1. The molecule has 1 aliphatic rings. The smallest absolute Gasteiger partial charge is 0.280 e. The monoisotopic (exact) mass is 493 g/mol. The average Bonchev–Trinajstić information content (AvgIpc) is 2.89. The molecule has 184 valence electrons. The van der Waals surface area contributed by atoms with Crippen LogP contribution in [0.4, 0.5) is 17.1 Å². The number of hydrazine groups is 1. The van der Waals surface area contributed by atoms with Crippen LogP contribution in [0.3, 0.4) is 0 Å². The van der Waals surface area contributed by atoms with Gasteiger partial charge in [-0.2, -0.15) is 0 Å². The van der Waals surface area contributed by atoms with Gasteiger partial charge in [-0.25, -0.2) is 5.01 Å². The van der Waals surface area contributed by atoms with Crippen LogP contribution in [0.15, 0.2) is 60.7 Å². The number of amides is 2. The fourth-order valence-corrected chi connectivity index (χ4v) is 3.76. The second-order valence-corrected chi connectivity index (χ2v) is 7.54. The van der Waals surface area contributed by atoms with Crippen molar-refractivity contribution in [3.05, 3.63) is 97.6 Å². The first kappa shape index (κ1) is 23.9. The van der Waals surface area contributed by atoms with Crippen molar-refractivity contribution in [1.29, 1.82) is 0 Å². The van der Waals surface area contributed by atoms with Crippen molar-refractivity contribution in [2.24, 2.45) is 0 Å². The van der Waals surface area contributed by atoms with Crippen LogP contribution in [0.5, 0.6) is 11.5 Å². The summed E-state index contributed by atoms with van der Waals surface area (Å²) < 4.78 is 10.5. The van der Waals surface area contributed by atoms with E-state index >= 15 is 0 Å². The lowest BCUT2D eigenvalue weighted by Gasteiger charge is -2.37. The molecule has 2 N–H and O–H groups in total. The van der Waals surface area contributed by atoms with E-state index in [2.05, 4.69) is 10.7 Å². The van der Waals surface area contributed by atoms with Crippen molar-refractivity contribution < 1.29 is 28.9 Å². The lowest BCUT2D eigenvalue weighted by Crippen LogP contribution is -2.53. The molecule has 2 amide bonds. The van der Waals surface area contributed by atoms with E-state index in [4.69, 9.17) is 9.47 Å². The van der Waals surface area contributed by atoms with E-state index in [1.165, 1.54) is 38.5 Å². The summed E-state index contributed by atoms with van der Waals surface area (Å²) in [6.07, 6.45) is -1.21. The molecule has 13 heteroatoms. The van der Waals surface area contributed by atoms with Crippen molar-refractivity contribution in [3.63, 3.8) is 0 Å². The number of anilines is 1. The van der Waals surface area contributed by atoms with Gasteiger partial charge >= 0.3 is 0 Å². The van der Waals surface area contributed by atoms with Crippen LogP contribution < -0.4 is 20.2 Å². The number of benzene rings is 3. The molecule has 1 heterocycles. The van der Waals surface area contributed by atoms with Crippen molar-refractivity contribution in [2.45, 2.75) is 6.17 Å². The van der Waals surface area contributed by atoms with Gasteiger partial charge < -0.3 is 14.8 Å². The predicted octanol–water partition coefficient (Wildman–Crippen LogP) is 3.43. The molecule has 0 spiro atoms. The molecular formula is C23H19N5O8. The number of carbonyl (C=O) groups is 2. The highest BCUT2D eigenvalue weighted by molar-refractivity contribution is 6.04. The number of methoxy groups -OCH3 is 2. The predicted molar refractivity (Wildman–Crippen MR) is 126 cm³/mol. The second-order valence-electron chi connectivity index (χ2n) is 7.54. The first-order valence-corrected chi connectivity index (χ1v) is 10.4. The summed E-state index contributed by atoms with van der Waals surface area (Å²) in [5, 5.41) is 26.8. The van der Waals surface area contributed by atoms with Crippen LogP contribution >= 0.6 is 0 Å². The number of nitrogens with zero attached hydrogens (tertiary/aromatic N) is 3. The van der Waals surface area contributed by atoms with E-state index in [9.17, 15) is 29.8 Å². The minimum Gasteiger partial charge on any atom is -0.493 e. The number of ether oxygens (including phenoxy) is 2. The molecule has 0 aromatic heterocycles. The Hall–Kier alpha value is -5.20. The molecule has 0 aliphatic carbocycles. The Labute approximate surface area is 203 Å². The zero-order valence-corrected chi connectivity index (χ0v) is 19.0. The molecular weight excluding hydrogens is 474 g/mol. The quantitative estimate of drug-likeness (QED) is 0.370. The summed E-state index contributed by atoms with van der Waals surface area (Å²) in [4.78, 5) is 48.0. The molecule has 0 saturated carbocycles. The number of rotatable bonds is 7. The van der Waals surface area contributed by atoms with Crippen molar-refractivity contribution in [1.82, 2.24) is 10.4 Å². The lowest BCUT2D eigenvalue weighted by atomic mass is 10.0. The highest BCUT2D eigenvalue weighted by Gasteiger charge is 2.38. The number of nitro groups is 2. The van der Waals surface area contributed by atoms with Crippen LogP contribution in [0.25, 0.3) is 0 Å². The number of para-hydroxylation sites is 1. The van der Waals surface area contributed by atoms with Gasteiger partial charge in [-0.05, 0) is 30.3 Å². The summed E-state index contributed by atoms with van der Waals surface area (Å²) in [6, 6.07) is 13.8. The summed E-state index contributed by atoms with van der Waals surface area (Å²) in [7, 11) is 2.69. The molecule has 1 aliphatic heterocycles. The molecule has 1 atom stereocenters. The molecule has 0 fully saturated rings. The van der Waals surface area contributed by atoms with Gasteiger partial charge in [0, 0.05) is 23.4 Å². The highest BCUT2D eigenvalue weighted by atomic mass is 16.6. The maximum Gasteiger partial charge on any atom is 0.280 e. The Morgan fingerprint density at radius 2 is 1.61 bits per heavy atom. The summed E-state index contributed by atoms with van der Waals surface area (Å²) in [6.45, 7) is 0. The normalized spacial score (nSPS) is 14.3. The van der Waals surface area contributed by atoms with Crippen LogP contribution in [0.1, 0.15) is 32.4 Å². The fourth-order valence-electron chi connectivity index (χ4n) is 3.76. The van der Waals surface area contributed by atoms with E-state index in [0.717, 1.165) is 23.2 Å². The molecule has 13 nitrogen and oxygen atoms in total. The van der Waals surface area contributed by atoms with Crippen LogP contribution in [0.2, 0.25) is 0 Å². The van der Waals surface area contributed by atoms with E-state index in [-0.39, 0.29) is 39.6 Å². The Morgan fingerprint density at radius 3 is 2.22 bits per heavy atom. The second kappa shape index (κ2) is 9.58. The third kappa shape index (κ3) is 4.32. The van der Waals surface area contributed by atoms with Gasteiger partial charge in [-0.15, -0.1) is 0 Å². The van der Waals surface area contributed by atoms with Crippen LogP contribution in [-0.4, -0.2) is 40.9 Å². The van der Waals surface area contributed by atoms with E-state index in [1.807, 2.05) is 0 Å². The van der Waals surface area contributed by atoms with Gasteiger partial charge in [0.2, 0.25) is 0 Å². The van der Waals surface area contributed by atoms with Crippen LogP contribution in [0, 0.1) is 20.2 Å². The Bertz CT molecular complexity index is 1380. The maximum absolute atomic E-state index is 13.4. The minimum absolute atomic E-state index is 0.0181. The average molecular weight is 493 g/mol. The topological polar surface area (TPSA) is 166 Å².